The number of hydrogen-bond acceptors (Lipinski definition) is 4. The van der Waals surface area contributed by atoms with Crippen LogP contribution >= 0.6 is 0 Å². The molecule has 0 spiro atoms. The Balaban J connectivity index is 1.28. The van der Waals surface area contributed by atoms with Crippen LogP contribution in [0.1, 0.15) is 30.4 Å². The molecule has 3 heterocycles. The molecule has 1 aromatic carbocycles. The first-order chi connectivity index (χ1) is 13.0. The molecule has 1 amide bonds. The molecule has 1 aromatic rings. The monoisotopic (exact) mass is 371 g/mol. The number of nitrogens with zero attached hydrogens (tertiary/aromatic N) is 3. The fourth-order valence-electron chi connectivity index (χ4n) is 5.05. The quantitative estimate of drug-likeness (QED) is 0.851. The van der Waals surface area contributed by atoms with E-state index in [0.717, 1.165) is 45.6 Å². The third kappa shape index (κ3) is 3.73. The van der Waals surface area contributed by atoms with Crippen LogP contribution in [0, 0.1) is 12.8 Å². The zero-order valence-corrected chi connectivity index (χ0v) is 16.0. The minimum atomic E-state index is -0.704. The van der Waals surface area contributed by atoms with E-state index in [1.54, 1.807) is 0 Å². The van der Waals surface area contributed by atoms with Gasteiger partial charge in [-0.15, -0.1) is 0 Å². The lowest BCUT2D eigenvalue weighted by Crippen LogP contribution is -2.51. The highest BCUT2D eigenvalue weighted by molar-refractivity contribution is 5.79. The molecule has 146 valence electrons. The number of fused-ring (bicyclic) bond motifs is 2. The van der Waals surface area contributed by atoms with Crippen molar-refractivity contribution in [3.63, 3.8) is 0 Å². The highest BCUT2D eigenvalue weighted by Crippen LogP contribution is 2.41. The highest BCUT2D eigenvalue weighted by Gasteiger charge is 2.49. The van der Waals surface area contributed by atoms with Crippen molar-refractivity contribution in [2.45, 2.75) is 44.8 Å². The fourth-order valence-corrected chi connectivity index (χ4v) is 5.05. The Morgan fingerprint density at radius 1 is 1.11 bits per heavy atom. The molecule has 6 nitrogen and oxygen atoms in total. The van der Waals surface area contributed by atoms with Gasteiger partial charge in [-0.2, -0.15) is 0 Å². The number of aliphatic carboxylic acids is 1. The van der Waals surface area contributed by atoms with E-state index in [1.807, 2.05) is 4.90 Å². The molecule has 0 aromatic heterocycles. The number of carboxylic acids is 1. The number of carboxylic acid groups (broad SMARTS) is 1. The SMILES string of the molecule is Cc1ccccc1CN1CCN(C(=O)CN2C3CCC2C(C(=O)O)C3)CC1. The third-order valence-corrected chi connectivity index (χ3v) is 6.70. The van der Waals surface area contributed by atoms with Crippen molar-refractivity contribution in [1.82, 2.24) is 14.7 Å². The maximum atomic E-state index is 12.8. The Bertz CT molecular complexity index is 714. The second-order valence-electron chi connectivity index (χ2n) is 8.23. The molecule has 3 aliphatic heterocycles. The summed E-state index contributed by atoms with van der Waals surface area (Å²) < 4.78 is 0. The molecule has 27 heavy (non-hydrogen) atoms. The first-order valence-corrected chi connectivity index (χ1v) is 10.1. The van der Waals surface area contributed by atoms with Crippen LogP contribution in [0.4, 0.5) is 0 Å². The van der Waals surface area contributed by atoms with E-state index in [-0.39, 0.29) is 23.9 Å². The number of piperazine rings is 1. The van der Waals surface area contributed by atoms with Crippen molar-refractivity contribution in [2.24, 2.45) is 5.92 Å². The standard InChI is InChI=1S/C21H29N3O3/c1-15-4-2-3-5-16(15)13-22-8-10-23(11-9-22)20(25)14-24-17-6-7-19(24)18(12-17)21(26)27/h2-5,17-19H,6-14H2,1H3,(H,26,27). The molecule has 0 aliphatic carbocycles. The molecule has 3 saturated heterocycles. The van der Waals surface area contributed by atoms with Gasteiger partial charge in [0.25, 0.3) is 0 Å². The van der Waals surface area contributed by atoms with Crippen molar-refractivity contribution in [3.05, 3.63) is 35.4 Å². The largest absolute Gasteiger partial charge is 0.481 e. The van der Waals surface area contributed by atoms with Crippen molar-refractivity contribution in [3.8, 4) is 0 Å². The van der Waals surface area contributed by atoms with Crippen LogP contribution in [0.5, 0.6) is 0 Å². The van der Waals surface area contributed by atoms with Gasteiger partial charge in [0.15, 0.2) is 0 Å². The number of aryl methyl sites for hydroxylation is 1. The number of carbonyl (C=O) groups is 2. The maximum Gasteiger partial charge on any atom is 0.308 e. The van der Waals surface area contributed by atoms with Gasteiger partial charge in [-0.3, -0.25) is 19.4 Å². The minimum Gasteiger partial charge on any atom is -0.481 e. The molecule has 3 unspecified atom stereocenters. The smallest absolute Gasteiger partial charge is 0.308 e. The topological polar surface area (TPSA) is 64.1 Å². The predicted octanol–water partition coefficient (Wildman–Crippen LogP) is 1.58. The normalized spacial score (nSPS) is 28.6. The highest BCUT2D eigenvalue weighted by atomic mass is 16.4. The van der Waals surface area contributed by atoms with E-state index >= 15 is 0 Å². The molecular weight excluding hydrogens is 342 g/mol. The summed E-state index contributed by atoms with van der Waals surface area (Å²) in [6, 6.07) is 8.80. The van der Waals surface area contributed by atoms with Gasteiger partial charge in [0, 0.05) is 44.8 Å². The Kier molecular flexibility index (Phi) is 5.19. The summed E-state index contributed by atoms with van der Waals surface area (Å²) in [6.07, 6.45) is 2.66. The zero-order valence-electron chi connectivity index (χ0n) is 16.0. The summed E-state index contributed by atoms with van der Waals surface area (Å²) in [5.74, 6) is -0.833. The van der Waals surface area contributed by atoms with E-state index < -0.39 is 5.97 Å². The number of amides is 1. The Morgan fingerprint density at radius 2 is 1.85 bits per heavy atom. The average molecular weight is 371 g/mol. The molecule has 2 bridgehead atoms. The molecular formula is C21H29N3O3. The van der Waals surface area contributed by atoms with Crippen molar-refractivity contribution in [2.75, 3.05) is 32.7 Å². The van der Waals surface area contributed by atoms with E-state index in [1.165, 1.54) is 11.1 Å². The summed E-state index contributed by atoms with van der Waals surface area (Å²) in [5.41, 5.74) is 2.67. The summed E-state index contributed by atoms with van der Waals surface area (Å²) in [4.78, 5) is 30.7. The lowest BCUT2D eigenvalue weighted by Gasteiger charge is -2.36. The molecule has 1 N–H and O–H groups in total. The van der Waals surface area contributed by atoms with Crippen LogP contribution in [0.25, 0.3) is 0 Å². The van der Waals surface area contributed by atoms with Gasteiger partial charge in [0.2, 0.25) is 5.91 Å². The fraction of sp³-hybridized carbons (Fsp3) is 0.619. The van der Waals surface area contributed by atoms with E-state index in [9.17, 15) is 14.7 Å². The molecule has 3 fully saturated rings. The van der Waals surface area contributed by atoms with E-state index in [2.05, 4.69) is 41.0 Å². The van der Waals surface area contributed by atoms with Crippen molar-refractivity contribution < 1.29 is 14.7 Å². The second-order valence-corrected chi connectivity index (χ2v) is 8.23. The third-order valence-electron chi connectivity index (χ3n) is 6.70. The van der Waals surface area contributed by atoms with Gasteiger partial charge in [0.05, 0.1) is 12.5 Å². The predicted molar refractivity (Wildman–Crippen MR) is 102 cm³/mol. The lowest BCUT2D eigenvalue weighted by atomic mass is 9.89. The van der Waals surface area contributed by atoms with Gasteiger partial charge in [0.1, 0.15) is 0 Å². The van der Waals surface area contributed by atoms with Crippen LogP contribution in [0.2, 0.25) is 0 Å². The van der Waals surface area contributed by atoms with Crippen molar-refractivity contribution in [1.29, 1.82) is 0 Å². The summed E-state index contributed by atoms with van der Waals surface area (Å²) in [6.45, 7) is 6.77. The molecule has 0 radical (unpaired) electrons. The number of benzene rings is 1. The number of rotatable bonds is 5. The lowest BCUT2D eigenvalue weighted by molar-refractivity contribution is -0.143. The molecule has 6 heteroatoms. The van der Waals surface area contributed by atoms with E-state index in [4.69, 9.17) is 0 Å². The number of carbonyl (C=O) groups excluding carboxylic acids is 1. The van der Waals surface area contributed by atoms with Crippen LogP contribution in [0.3, 0.4) is 0 Å². The van der Waals surface area contributed by atoms with Crippen molar-refractivity contribution >= 4 is 11.9 Å². The van der Waals surface area contributed by atoms with Gasteiger partial charge < -0.3 is 10.0 Å². The molecule has 4 rings (SSSR count). The second kappa shape index (κ2) is 7.60. The minimum absolute atomic E-state index is 0.0544. The number of hydrogen-bond donors (Lipinski definition) is 1. The Labute approximate surface area is 160 Å². The summed E-state index contributed by atoms with van der Waals surface area (Å²) >= 11 is 0. The van der Waals surface area contributed by atoms with Gasteiger partial charge >= 0.3 is 5.97 Å². The first kappa shape index (κ1) is 18.4. The summed E-state index contributed by atoms with van der Waals surface area (Å²) in [5, 5.41) is 9.38. The average Bonchev–Trinajstić information content (AvgIpc) is 3.21. The van der Waals surface area contributed by atoms with Crippen LogP contribution in [-0.2, 0) is 16.1 Å². The van der Waals surface area contributed by atoms with Crippen LogP contribution < -0.4 is 0 Å². The first-order valence-electron chi connectivity index (χ1n) is 10.1. The van der Waals surface area contributed by atoms with Gasteiger partial charge in [-0.1, -0.05) is 24.3 Å². The van der Waals surface area contributed by atoms with Crippen LogP contribution in [0.15, 0.2) is 24.3 Å². The summed E-state index contributed by atoms with van der Waals surface area (Å²) in [7, 11) is 0. The maximum absolute atomic E-state index is 12.8. The molecule has 0 saturated carbocycles. The molecule has 3 aliphatic rings. The molecule has 3 atom stereocenters. The van der Waals surface area contributed by atoms with Gasteiger partial charge in [-0.05, 0) is 37.3 Å². The van der Waals surface area contributed by atoms with E-state index in [0.29, 0.717) is 13.0 Å². The van der Waals surface area contributed by atoms with Gasteiger partial charge in [-0.25, -0.2) is 0 Å². The Hall–Kier alpha value is -1.92. The zero-order chi connectivity index (χ0) is 19.0. The Morgan fingerprint density at radius 3 is 2.52 bits per heavy atom. The van der Waals surface area contributed by atoms with Crippen LogP contribution in [-0.4, -0.2) is 76.5 Å².